The lowest BCUT2D eigenvalue weighted by Crippen LogP contribution is -2.35. The van der Waals surface area contributed by atoms with Crippen LogP contribution in [-0.2, 0) is 11.3 Å². The Hall–Kier alpha value is -2.86. The first-order valence-electron chi connectivity index (χ1n) is 10.2. The van der Waals surface area contributed by atoms with E-state index in [1.54, 1.807) is 6.07 Å². The maximum Gasteiger partial charge on any atom is 0.319 e. The monoisotopic (exact) mass is 394 g/mol. The number of carbonyl (C=O) groups is 2. The summed E-state index contributed by atoms with van der Waals surface area (Å²) in [6, 6.07) is 15.0. The first-order valence-corrected chi connectivity index (χ1v) is 10.2. The van der Waals surface area contributed by atoms with Gasteiger partial charge in [0.1, 0.15) is 0 Å². The summed E-state index contributed by atoms with van der Waals surface area (Å²) in [5.41, 5.74) is 3.72. The minimum Gasteiger partial charge on any atom is -0.329 e. The summed E-state index contributed by atoms with van der Waals surface area (Å²) in [6.07, 6.45) is 2.52. The van der Waals surface area contributed by atoms with Crippen molar-refractivity contribution in [3.63, 3.8) is 0 Å². The van der Waals surface area contributed by atoms with Gasteiger partial charge in [-0.15, -0.1) is 0 Å². The lowest BCUT2D eigenvalue weighted by Gasteiger charge is -2.30. The number of nitrogens with zero attached hydrogens (tertiary/aromatic N) is 1. The molecule has 3 amide bonds. The molecule has 6 nitrogen and oxygen atoms in total. The topological polar surface area (TPSA) is 73.5 Å². The highest BCUT2D eigenvalue weighted by Gasteiger charge is 2.15. The van der Waals surface area contributed by atoms with Gasteiger partial charge in [-0.3, -0.25) is 9.69 Å². The summed E-state index contributed by atoms with van der Waals surface area (Å²) in [6.45, 7) is 7.42. The van der Waals surface area contributed by atoms with Gasteiger partial charge in [0.15, 0.2) is 0 Å². The summed E-state index contributed by atoms with van der Waals surface area (Å²) in [4.78, 5) is 26.5. The Morgan fingerprint density at radius 1 is 1.00 bits per heavy atom. The van der Waals surface area contributed by atoms with Crippen LogP contribution in [0.1, 0.15) is 30.9 Å². The molecule has 1 aliphatic rings. The van der Waals surface area contributed by atoms with Crippen molar-refractivity contribution in [1.82, 2.24) is 10.2 Å². The van der Waals surface area contributed by atoms with Crippen molar-refractivity contribution in [2.45, 2.75) is 33.2 Å². The number of likely N-dealkylation sites (tertiary alicyclic amines) is 1. The number of aryl methyl sites for hydroxylation is 1. The standard InChI is InChI=1S/C23H30N4O2/c1-17-10-12-27(13-11-17)16-19-6-8-20(9-7-19)25-22(28)15-24-23(29)26-21-5-3-4-18(2)14-21/h3-9,14,17H,10-13,15-16H2,1-2H3,(H,25,28)(H2,24,26,29). The second-order valence-corrected chi connectivity index (χ2v) is 7.88. The van der Waals surface area contributed by atoms with Crippen LogP contribution in [0.5, 0.6) is 0 Å². The lowest BCUT2D eigenvalue weighted by atomic mass is 9.99. The summed E-state index contributed by atoms with van der Waals surface area (Å²) in [5, 5.41) is 8.10. The van der Waals surface area contributed by atoms with E-state index in [4.69, 9.17) is 0 Å². The van der Waals surface area contributed by atoms with Gasteiger partial charge >= 0.3 is 6.03 Å². The third kappa shape index (κ3) is 6.91. The molecule has 3 N–H and O–H groups in total. The van der Waals surface area contributed by atoms with Crippen LogP contribution >= 0.6 is 0 Å². The molecule has 2 aromatic rings. The van der Waals surface area contributed by atoms with Crippen molar-refractivity contribution >= 4 is 23.3 Å². The van der Waals surface area contributed by atoms with Crippen LogP contribution < -0.4 is 16.0 Å². The highest BCUT2D eigenvalue weighted by molar-refractivity contribution is 5.96. The molecule has 0 saturated carbocycles. The van der Waals surface area contributed by atoms with E-state index in [2.05, 4.69) is 27.8 Å². The first kappa shape index (κ1) is 20.9. The van der Waals surface area contributed by atoms with E-state index in [0.717, 1.165) is 36.8 Å². The predicted octanol–water partition coefficient (Wildman–Crippen LogP) is 3.99. The van der Waals surface area contributed by atoms with E-state index in [1.165, 1.54) is 18.4 Å². The molecule has 1 heterocycles. The molecule has 0 aliphatic carbocycles. The Labute approximate surface area is 172 Å². The van der Waals surface area contributed by atoms with E-state index in [0.29, 0.717) is 5.69 Å². The van der Waals surface area contributed by atoms with Gasteiger partial charge in [-0.25, -0.2) is 4.79 Å². The highest BCUT2D eigenvalue weighted by Crippen LogP contribution is 2.19. The van der Waals surface area contributed by atoms with Gasteiger partial charge in [0, 0.05) is 17.9 Å². The minimum atomic E-state index is -0.406. The zero-order valence-corrected chi connectivity index (χ0v) is 17.2. The Kier molecular flexibility index (Phi) is 7.25. The van der Waals surface area contributed by atoms with Crippen LogP contribution in [0.15, 0.2) is 48.5 Å². The Bertz CT molecular complexity index is 827. The third-order valence-electron chi connectivity index (χ3n) is 5.21. The number of hydrogen-bond acceptors (Lipinski definition) is 3. The molecule has 0 spiro atoms. The van der Waals surface area contributed by atoms with Gasteiger partial charge in [-0.05, 0) is 74.2 Å². The third-order valence-corrected chi connectivity index (χ3v) is 5.21. The van der Waals surface area contributed by atoms with Crippen molar-refractivity contribution in [2.24, 2.45) is 5.92 Å². The van der Waals surface area contributed by atoms with Crippen LogP contribution in [0.3, 0.4) is 0 Å². The number of amides is 3. The largest absolute Gasteiger partial charge is 0.329 e. The fourth-order valence-corrected chi connectivity index (χ4v) is 3.44. The number of anilines is 2. The maximum atomic E-state index is 12.1. The summed E-state index contributed by atoms with van der Waals surface area (Å²) in [5.74, 6) is 0.568. The van der Waals surface area contributed by atoms with Gasteiger partial charge in [0.05, 0.1) is 6.54 Å². The van der Waals surface area contributed by atoms with E-state index < -0.39 is 6.03 Å². The van der Waals surface area contributed by atoms with Gasteiger partial charge in [0.25, 0.3) is 0 Å². The number of benzene rings is 2. The molecule has 0 radical (unpaired) electrons. The van der Waals surface area contributed by atoms with E-state index in [1.807, 2.05) is 49.4 Å². The molecular weight excluding hydrogens is 364 g/mol. The van der Waals surface area contributed by atoms with Crippen LogP contribution in [-0.4, -0.2) is 36.5 Å². The number of rotatable bonds is 6. The van der Waals surface area contributed by atoms with E-state index in [-0.39, 0.29) is 12.5 Å². The molecule has 2 aromatic carbocycles. The number of carbonyl (C=O) groups excluding carboxylic acids is 2. The number of hydrogen-bond donors (Lipinski definition) is 3. The molecule has 0 bridgehead atoms. The quantitative estimate of drug-likeness (QED) is 0.694. The molecule has 6 heteroatoms. The molecular formula is C23H30N4O2. The van der Waals surface area contributed by atoms with Crippen molar-refractivity contribution in [3.8, 4) is 0 Å². The van der Waals surface area contributed by atoms with Crippen molar-refractivity contribution in [3.05, 3.63) is 59.7 Å². The maximum absolute atomic E-state index is 12.1. The van der Waals surface area contributed by atoms with Crippen molar-refractivity contribution in [1.29, 1.82) is 0 Å². The highest BCUT2D eigenvalue weighted by atomic mass is 16.2. The molecule has 154 valence electrons. The number of piperidine rings is 1. The molecule has 1 fully saturated rings. The normalized spacial score (nSPS) is 15.0. The van der Waals surface area contributed by atoms with Gasteiger partial charge in [0.2, 0.25) is 5.91 Å². The van der Waals surface area contributed by atoms with Gasteiger partial charge in [-0.1, -0.05) is 31.2 Å². The van der Waals surface area contributed by atoms with Crippen molar-refractivity contribution in [2.75, 3.05) is 30.3 Å². The fraction of sp³-hybridized carbons (Fsp3) is 0.391. The molecule has 0 unspecified atom stereocenters. The number of urea groups is 1. The zero-order chi connectivity index (χ0) is 20.6. The summed E-state index contributed by atoms with van der Waals surface area (Å²) < 4.78 is 0. The second-order valence-electron chi connectivity index (χ2n) is 7.88. The first-order chi connectivity index (χ1) is 14.0. The second kappa shape index (κ2) is 10.1. The average molecular weight is 395 g/mol. The van der Waals surface area contributed by atoms with Crippen LogP contribution in [0.4, 0.5) is 16.2 Å². The van der Waals surface area contributed by atoms with Crippen LogP contribution in [0, 0.1) is 12.8 Å². The van der Waals surface area contributed by atoms with Gasteiger partial charge in [-0.2, -0.15) is 0 Å². The summed E-state index contributed by atoms with van der Waals surface area (Å²) >= 11 is 0. The zero-order valence-electron chi connectivity index (χ0n) is 17.2. The van der Waals surface area contributed by atoms with Crippen LogP contribution in [0.25, 0.3) is 0 Å². The Morgan fingerprint density at radius 2 is 1.72 bits per heavy atom. The van der Waals surface area contributed by atoms with Crippen LogP contribution in [0.2, 0.25) is 0 Å². The Balaban J connectivity index is 1.40. The SMILES string of the molecule is Cc1cccc(NC(=O)NCC(=O)Nc2ccc(CN3CCC(C)CC3)cc2)c1. The Morgan fingerprint density at radius 3 is 2.41 bits per heavy atom. The molecule has 1 saturated heterocycles. The molecule has 0 aromatic heterocycles. The average Bonchev–Trinajstić information content (AvgIpc) is 2.70. The number of nitrogens with one attached hydrogen (secondary N) is 3. The lowest BCUT2D eigenvalue weighted by molar-refractivity contribution is -0.115. The smallest absolute Gasteiger partial charge is 0.319 e. The molecule has 1 aliphatic heterocycles. The molecule has 3 rings (SSSR count). The van der Waals surface area contributed by atoms with Gasteiger partial charge < -0.3 is 16.0 Å². The predicted molar refractivity (Wildman–Crippen MR) is 117 cm³/mol. The fourth-order valence-electron chi connectivity index (χ4n) is 3.44. The van der Waals surface area contributed by atoms with E-state index in [9.17, 15) is 9.59 Å². The summed E-state index contributed by atoms with van der Waals surface area (Å²) in [7, 11) is 0. The van der Waals surface area contributed by atoms with E-state index >= 15 is 0 Å². The minimum absolute atomic E-state index is 0.0919. The molecule has 0 atom stereocenters. The molecule has 29 heavy (non-hydrogen) atoms. The van der Waals surface area contributed by atoms with Crippen molar-refractivity contribution < 1.29 is 9.59 Å².